The van der Waals surface area contributed by atoms with E-state index in [1.807, 2.05) is 87.0 Å². The van der Waals surface area contributed by atoms with Gasteiger partial charge < -0.3 is 4.42 Å². The van der Waals surface area contributed by atoms with E-state index in [1.165, 1.54) is 0 Å². The minimum absolute atomic E-state index is 0.297. The van der Waals surface area contributed by atoms with E-state index in [-0.39, 0.29) is 0 Å². The zero-order chi connectivity index (χ0) is 23.4. The summed E-state index contributed by atoms with van der Waals surface area (Å²) in [5, 5.41) is 11.6. The molecule has 31 heavy (non-hydrogen) atoms. The Kier molecular flexibility index (Phi) is 3.86. The van der Waals surface area contributed by atoms with Gasteiger partial charge in [0.05, 0.1) is 19.9 Å². The molecular weight excluding hydrogens is 380 g/mol. The Bertz CT molecular complexity index is 1600. The first-order valence-corrected chi connectivity index (χ1v) is 10.3. The molecule has 0 aliphatic rings. The molecule has 150 valence electrons. The number of aryl methyl sites for hydroxylation is 1. The number of pyridine rings is 1. The van der Waals surface area contributed by atoms with Crippen LogP contribution in [0.25, 0.3) is 44.3 Å². The van der Waals surface area contributed by atoms with Crippen molar-refractivity contribution in [2.75, 3.05) is 0 Å². The summed E-state index contributed by atoms with van der Waals surface area (Å²) >= 11 is 0. The third-order valence-electron chi connectivity index (χ3n) is 5.92. The Labute approximate surface area is 184 Å². The second-order valence-corrected chi connectivity index (χ2v) is 7.95. The van der Waals surface area contributed by atoms with E-state index < -0.39 is 0 Å². The van der Waals surface area contributed by atoms with Gasteiger partial charge in [0.25, 0.3) is 0 Å². The number of hydrogen-bond donors (Lipinski definition) is 0. The van der Waals surface area contributed by atoms with Crippen LogP contribution < -0.4 is 4.57 Å². The quantitative estimate of drug-likeness (QED) is 0.313. The number of fused-ring (bicyclic) bond motifs is 3. The number of nitrogens with zero attached hydrogens (tertiary/aromatic N) is 2. The van der Waals surface area contributed by atoms with Gasteiger partial charge in [0, 0.05) is 35.3 Å². The van der Waals surface area contributed by atoms with Gasteiger partial charge in [-0.2, -0.15) is 9.83 Å². The SMILES string of the molecule is [2H]c1c(C)c([2H])c(-c2c(C)cc(C#N)c3c2oc2c(-c4ccccc4)cccc23)[n+](C)c1C. The summed E-state index contributed by atoms with van der Waals surface area (Å²) in [6.07, 6.45) is 0. The zero-order valence-electron chi connectivity index (χ0n) is 20.0. The standard InChI is InChI=1S/C28H23N2O/c1-17-13-19(3)30(4)24(14-17)25-18(2)15-21(16-29)26-23-12-8-11-22(27(23)31-28(25)26)20-9-6-5-7-10-20/h5-15H,1-4H3/q+1/i13D,14D. The number of para-hydroxylation sites is 1. The number of furan rings is 1. The van der Waals surface area contributed by atoms with Gasteiger partial charge in [0.15, 0.2) is 11.3 Å². The molecule has 5 aromatic rings. The van der Waals surface area contributed by atoms with Gasteiger partial charge in [-0.05, 0) is 36.6 Å². The Hall–Kier alpha value is -3.90. The smallest absolute Gasteiger partial charge is 0.216 e. The summed E-state index contributed by atoms with van der Waals surface area (Å²) in [5.41, 5.74) is 7.61. The van der Waals surface area contributed by atoms with Crippen molar-refractivity contribution in [3.8, 4) is 28.5 Å². The molecular formula is C28H23N2O+. The second kappa shape index (κ2) is 7.11. The number of rotatable bonds is 2. The van der Waals surface area contributed by atoms with Crippen molar-refractivity contribution in [2.45, 2.75) is 20.8 Å². The van der Waals surface area contributed by atoms with Crippen LogP contribution in [0.1, 0.15) is 25.1 Å². The van der Waals surface area contributed by atoms with Crippen molar-refractivity contribution in [1.82, 2.24) is 0 Å². The number of nitriles is 1. The van der Waals surface area contributed by atoms with E-state index in [0.29, 0.717) is 34.5 Å². The van der Waals surface area contributed by atoms with Crippen LogP contribution in [0.2, 0.25) is 0 Å². The van der Waals surface area contributed by atoms with Gasteiger partial charge in [0.2, 0.25) is 5.69 Å². The van der Waals surface area contributed by atoms with Crippen molar-refractivity contribution < 1.29 is 11.7 Å². The molecule has 0 unspecified atom stereocenters. The van der Waals surface area contributed by atoms with E-state index in [4.69, 9.17) is 7.16 Å². The molecule has 0 N–H and O–H groups in total. The van der Waals surface area contributed by atoms with Gasteiger partial charge in [-0.25, -0.2) is 0 Å². The highest BCUT2D eigenvalue weighted by molar-refractivity contribution is 6.15. The van der Waals surface area contributed by atoms with Gasteiger partial charge in [-0.15, -0.1) is 0 Å². The molecule has 0 saturated carbocycles. The first kappa shape index (κ1) is 16.8. The molecule has 2 aromatic heterocycles. The molecule has 0 saturated heterocycles. The lowest BCUT2D eigenvalue weighted by atomic mass is 9.95. The summed E-state index contributed by atoms with van der Waals surface area (Å²) in [7, 11) is 1.88. The zero-order valence-corrected chi connectivity index (χ0v) is 18.0. The third kappa shape index (κ3) is 2.92. The molecule has 3 nitrogen and oxygen atoms in total. The lowest BCUT2D eigenvalue weighted by Crippen LogP contribution is -2.35. The van der Waals surface area contributed by atoms with Gasteiger partial charge >= 0.3 is 0 Å². The van der Waals surface area contributed by atoms with Crippen LogP contribution in [0.15, 0.2) is 71.1 Å². The van der Waals surface area contributed by atoms with E-state index >= 15 is 0 Å². The summed E-state index contributed by atoms with van der Waals surface area (Å²) < 4.78 is 25.7. The topological polar surface area (TPSA) is 40.8 Å². The molecule has 0 aliphatic heterocycles. The average molecular weight is 406 g/mol. The third-order valence-corrected chi connectivity index (χ3v) is 5.92. The fourth-order valence-electron chi connectivity index (χ4n) is 4.38. The van der Waals surface area contributed by atoms with Crippen molar-refractivity contribution in [3.05, 3.63) is 89.1 Å². The van der Waals surface area contributed by atoms with E-state index in [2.05, 4.69) is 6.07 Å². The fraction of sp³-hybridized carbons (Fsp3) is 0.143. The highest BCUT2D eigenvalue weighted by Gasteiger charge is 2.25. The second-order valence-electron chi connectivity index (χ2n) is 7.95. The average Bonchev–Trinajstić information content (AvgIpc) is 3.22. The highest BCUT2D eigenvalue weighted by Crippen LogP contribution is 2.42. The molecule has 0 spiro atoms. The minimum Gasteiger partial charge on any atom is -0.454 e. The van der Waals surface area contributed by atoms with Crippen molar-refractivity contribution >= 4 is 21.9 Å². The summed E-state index contributed by atoms with van der Waals surface area (Å²) in [4.78, 5) is 0. The van der Waals surface area contributed by atoms with Crippen LogP contribution in [-0.4, -0.2) is 0 Å². The highest BCUT2D eigenvalue weighted by atomic mass is 16.3. The Morgan fingerprint density at radius 2 is 1.74 bits per heavy atom. The largest absolute Gasteiger partial charge is 0.454 e. The van der Waals surface area contributed by atoms with Crippen LogP contribution in [0.4, 0.5) is 0 Å². The van der Waals surface area contributed by atoms with E-state index in [1.54, 1.807) is 0 Å². The maximum Gasteiger partial charge on any atom is 0.216 e. The lowest BCUT2D eigenvalue weighted by Gasteiger charge is -2.09. The van der Waals surface area contributed by atoms with Crippen LogP contribution >= 0.6 is 0 Å². The van der Waals surface area contributed by atoms with Gasteiger partial charge in [-0.1, -0.05) is 48.5 Å². The van der Waals surface area contributed by atoms with Crippen LogP contribution in [-0.2, 0) is 7.05 Å². The number of hydrogen-bond acceptors (Lipinski definition) is 2. The maximum absolute atomic E-state index is 9.96. The van der Waals surface area contributed by atoms with Gasteiger partial charge in [-0.3, -0.25) is 0 Å². The Balaban J connectivity index is 1.98. The molecule has 0 radical (unpaired) electrons. The molecule has 5 rings (SSSR count). The van der Waals surface area contributed by atoms with Crippen LogP contribution in [0.5, 0.6) is 0 Å². The maximum atomic E-state index is 9.96. The molecule has 3 aromatic carbocycles. The minimum atomic E-state index is 0.297. The molecule has 0 fully saturated rings. The fourth-order valence-corrected chi connectivity index (χ4v) is 4.38. The first-order valence-electron chi connectivity index (χ1n) is 11.3. The summed E-state index contributed by atoms with van der Waals surface area (Å²) in [5.74, 6) is 0. The number of benzene rings is 3. The van der Waals surface area contributed by atoms with Crippen LogP contribution in [0.3, 0.4) is 0 Å². The normalized spacial score (nSPS) is 12.1. The van der Waals surface area contributed by atoms with Gasteiger partial charge in [0.1, 0.15) is 12.6 Å². The monoisotopic (exact) mass is 405 g/mol. The summed E-state index contributed by atoms with van der Waals surface area (Å²) in [6, 6.07) is 20.9. The van der Waals surface area contributed by atoms with E-state index in [0.717, 1.165) is 44.3 Å². The molecule has 0 atom stereocenters. The molecule has 3 heteroatoms. The molecule has 2 heterocycles. The Morgan fingerprint density at radius 1 is 0.968 bits per heavy atom. The van der Waals surface area contributed by atoms with Crippen LogP contribution in [0, 0.1) is 32.1 Å². The molecule has 0 bridgehead atoms. The van der Waals surface area contributed by atoms with Crippen molar-refractivity contribution in [2.24, 2.45) is 7.05 Å². The lowest BCUT2D eigenvalue weighted by molar-refractivity contribution is -0.666. The van der Waals surface area contributed by atoms with E-state index in [9.17, 15) is 5.26 Å². The first-order chi connectivity index (χ1) is 15.8. The van der Waals surface area contributed by atoms with Crippen molar-refractivity contribution in [1.29, 1.82) is 5.26 Å². The predicted molar refractivity (Wildman–Crippen MR) is 125 cm³/mol. The Morgan fingerprint density at radius 3 is 2.48 bits per heavy atom. The number of aromatic nitrogens is 1. The summed E-state index contributed by atoms with van der Waals surface area (Å²) in [6.45, 7) is 5.64. The molecule has 0 aliphatic carbocycles. The van der Waals surface area contributed by atoms with Crippen molar-refractivity contribution in [3.63, 3.8) is 0 Å². The predicted octanol–water partition coefficient (Wildman–Crippen LogP) is 6.54. The molecule has 0 amide bonds.